The summed E-state index contributed by atoms with van der Waals surface area (Å²) < 4.78 is 89.7. The number of ether oxygens (including phenoxy) is 1. The predicted molar refractivity (Wildman–Crippen MR) is 136 cm³/mol. The van der Waals surface area contributed by atoms with Crippen molar-refractivity contribution in [1.82, 2.24) is 15.1 Å². The topological polar surface area (TPSA) is 104 Å². The number of alkyl halides is 6. The van der Waals surface area contributed by atoms with Crippen molar-refractivity contribution in [2.24, 2.45) is 0 Å². The normalized spacial score (nSPS) is 15.4. The number of hydroxylamine groups is 3. The minimum absolute atomic E-state index is 0.0190. The number of carbonyl (C=O) groups is 1. The Bertz CT molecular complexity index is 1590. The van der Waals surface area contributed by atoms with Gasteiger partial charge >= 0.3 is 24.4 Å². The third-order valence-corrected chi connectivity index (χ3v) is 6.71. The van der Waals surface area contributed by atoms with Crippen LogP contribution in [0.3, 0.4) is 0 Å². The van der Waals surface area contributed by atoms with Crippen molar-refractivity contribution in [3.05, 3.63) is 65.5 Å². The second-order valence-electron chi connectivity index (χ2n) is 9.98. The molecule has 0 aliphatic carbocycles. The van der Waals surface area contributed by atoms with Crippen molar-refractivity contribution in [1.29, 1.82) is 0 Å². The molecule has 1 saturated heterocycles. The molecule has 5 rings (SSSR count). The maximum atomic E-state index is 12.6. The van der Waals surface area contributed by atoms with Gasteiger partial charge in [0, 0.05) is 17.7 Å². The number of oxazole rings is 1. The molecule has 43 heavy (non-hydrogen) atoms. The van der Waals surface area contributed by atoms with E-state index in [4.69, 9.17) is 13.8 Å². The molecule has 0 bridgehead atoms. The summed E-state index contributed by atoms with van der Waals surface area (Å²) >= 11 is 0. The fraction of sp³-hybridized carbons (Fsp3) is 0.333. The molecule has 1 aliphatic rings. The Labute approximate surface area is 240 Å². The van der Waals surface area contributed by atoms with Crippen LogP contribution in [0.1, 0.15) is 17.0 Å². The van der Waals surface area contributed by atoms with Crippen LogP contribution in [-0.4, -0.2) is 71.5 Å². The number of likely N-dealkylation sites (N-methyl/N-ethyl adjacent to an activating group) is 1. The predicted octanol–water partition coefficient (Wildman–Crippen LogP) is 5.48. The highest BCUT2D eigenvalue weighted by atomic mass is 19.4. The largest absolute Gasteiger partial charge is 0.573 e. The first-order valence-electron chi connectivity index (χ1n) is 12.8. The highest BCUT2D eigenvalue weighted by molar-refractivity contribution is 5.74. The number of quaternary nitrogens is 1. The van der Waals surface area contributed by atoms with E-state index < -0.39 is 23.2 Å². The molecule has 0 amide bonds. The number of halogens is 6. The summed E-state index contributed by atoms with van der Waals surface area (Å²) in [6.07, 6.45) is -9.50. The van der Waals surface area contributed by atoms with Crippen LogP contribution in [0.25, 0.3) is 23.2 Å². The van der Waals surface area contributed by atoms with Gasteiger partial charge < -0.3 is 18.6 Å². The maximum absolute atomic E-state index is 12.6. The Morgan fingerprint density at radius 2 is 1.70 bits per heavy atom. The summed E-state index contributed by atoms with van der Waals surface area (Å²) in [5.41, 5.74) is 2.69. The standard InChI is InChI=1S/C27H24F6N5O5/c1-16-21(40-23(34-16)24-35-22(36-42-24)18-6-8-20(9-7-18)41-27(31,32)33)15-17-4-3-5-19(14-17)37-10-12-38(2,13-11-37)43-25(39)26(28,29)30/h3-9,14H,10-13,15H2,1-2H3/q+1. The second-order valence-corrected chi connectivity index (χ2v) is 9.98. The molecule has 0 N–H and O–H groups in total. The van der Waals surface area contributed by atoms with E-state index in [1.165, 1.54) is 19.2 Å². The first-order chi connectivity index (χ1) is 20.2. The lowest BCUT2D eigenvalue weighted by Crippen LogP contribution is -2.59. The molecule has 4 aromatic rings. The molecule has 1 aliphatic heterocycles. The molecule has 1 fully saturated rings. The number of benzene rings is 2. The van der Waals surface area contributed by atoms with Crippen LogP contribution in [0.15, 0.2) is 57.5 Å². The lowest BCUT2D eigenvalue weighted by Gasteiger charge is -2.39. The van der Waals surface area contributed by atoms with Crippen LogP contribution in [0.5, 0.6) is 5.75 Å². The van der Waals surface area contributed by atoms with Crippen LogP contribution in [0.4, 0.5) is 32.0 Å². The number of aromatic nitrogens is 3. The van der Waals surface area contributed by atoms with E-state index in [2.05, 4.69) is 19.9 Å². The van der Waals surface area contributed by atoms with E-state index in [-0.39, 0.29) is 36.4 Å². The molecule has 0 unspecified atom stereocenters. The van der Waals surface area contributed by atoms with Gasteiger partial charge in [-0.15, -0.1) is 17.8 Å². The van der Waals surface area contributed by atoms with Crippen molar-refractivity contribution >= 4 is 11.7 Å². The Morgan fingerprint density at radius 1 is 1.00 bits per heavy atom. The van der Waals surface area contributed by atoms with Gasteiger partial charge in [-0.05, 0) is 48.9 Å². The van der Waals surface area contributed by atoms with Gasteiger partial charge in [-0.3, -0.25) is 4.84 Å². The van der Waals surface area contributed by atoms with Crippen LogP contribution >= 0.6 is 0 Å². The fourth-order valence-electron chi connectivity index (χ4n) is 4.45. The Hall–Kier alpha value is -4.60. The van der Waals surface area contributed by atoms with Crippen molar-refractivity contribution in [2.75, 3.05) is 38.1 Å². The number of nitrogens with zero attached hydrogens (tertiary/aromatic N) is 5. The van der Waals surface area contributed by atoms with E-state index in [9.17, 15) is 31.1 Å². The maximum Gasteiger partial charge on any atom is 0.573 e. The SMILES string of the molecule is Cc1nc(-c2nc(-c3ccc(OC(F)(F)F)cc3)no2)oc1Cc1cccc(N2CC[N+](C)(OC(=O)C(F)(F)F)CC2)c1. The summed E-state index contributed by atoms with van der Waals surface area (Å²) in [6, 6.07) is 12.5. The summed E-state index contributed by atoms with van der Waals surface area (Å²) in [7, 11) is 1.44. The average molecular weight is 613 g/mol. The minimum atomic E-state index is -5.05. The summed E-state index contributed by atoms with van der Waals surface area (Å²) in [5.74, 6) is -1.90. The van der Waals surface area contributed by atoms with E-state index in [0.717, 1.165) is 23.4 Å². The van der Waals surface area contributed by atoms with Crippen molar-refractivity contribution in [2.45, 2.75) is 25.9 Å². The van der Waals surface area contributed by atoms with Crippen LogP contribution in [-0.2, 0) is 16.1 Å². The molecular formula is C27H24F6N5O5+. The van der Waals surface area contributed by atoms with Gasteiger partial charge in [0.05, 0.1) is 18.8 Å². The zero-order chi connectivity index (χ0) is 31.0. The highest BCUT2D eigenvalue weighted by Gasteiger charge is 2.47. The molecule has 0 atom stereocenters. The van der Waals surface area contributed by atoms with Crippen molar-refractivity contribution < 1.29 is 54.3 Å². The number of rotatable bonds is 7. The van der Waals surface area contributed by atoms with Crippen LogP contribution < -0.4 is 9.64 Å². The molecule has 2 aromatic carbocycles. The third-order valence-electron chi connectivity index (χ3n) is 6.71. The number of carbonyl (C=O) groups excluding carboxylic acids is 1. The molecule has 0 radical (unpaired) electrons. The number of aryl methyl sites for hydroxylation is 1. The van der Waals surface area contributed by atoms with Crippen molar-refractivity contribution in [3.63, 3.8) is 0 Å². The molecule has 0 spiro atoms. The van der Waals surface area contributed by atoms with Gasteiger partial charge in [0.25, 0.3) is 5.89 Å². The summed E-state index contributed by atoms with van der Waals surface area (Å²) in [5, 5.41) is 3.85. The molecule has 228 valence electrons. The highest BCUT2D eigenvalue weighted by Crippen LogP contribution is 2.29. The van der Waals surface area contributed by atoms with E-state index in [1.54, 1.807) is 6.92 Å². The summed E-state index contributed by atoms with van der Waals surface area (Å²) in [4.78, 5) is 26.6. The summed E-state index contributed by atoms with van der Waals surface area (Å²) in [6.45, 7) is 2.83. The number of hydrogen-bond donors (Lipinski definition) is 0. The Balaban J connectivity index is 1.23. The van der Waals surface area contributed by atoms with E-state index >= 15 is 0 Å². The smallest absolute Gasteiger partial charge is 0.437 e. The Kier molecular flexibility index (Phi) is 7.81. The number of anilines is 1. The molecular weight excluding hydrogens is 588 g/mol. The third kappa shape index (κ3) is 7.25. The van der Waals surface area contributed by atoms with Crippen LogP contribution in [0.2, 0.25) is 0 Å². The number of piperazine rings is 1. The second kappa shape index (κ2) is 11.2. The monoisotopic (exact) mass is 612 g/mol. The lowest BCUT2D eigenvalue weighted by atomic mass is 10.1. The van der Waals surface area contributed by atoms with E-state index in [0.29, 0.717) is 36.5 Å². The molecule has 3 heterocycles. The van der Waals surface area contributed by atoms with Crippen LogP contribution in [0, 0.1) is 6.92 Å². The molecule has 16 heteroatoms. The average Bonchev–Trinajstić information content (AvgIpc) is 3.55. The zero-order valence-electron chi connectivity index (χ0n) is 22.7. The fourth-order valence-corrected chi connectivity index (χ4v) is 4.45. The quantitative estimate of drug-likeness (QED) is 0.198. The lowest BCUT2D eigenvalue weighted by molar-refractivity contribution is -1.08. The van der Waals surface area contributed by atoms with Gasteiger partial charge in [0.1, 0.15) is 31.6 Å². The Morgan fingerprint density at radius 3 is 2.35 bits per heavy atom. The minimum Gasteiger partial charge on any atom is -0.437 e. The van der Waals surface area contributed by atoms with Gasteiger partial charge in [-0.25, -0.2) is 9.78 Å². The number of hydrogen-bond acceptors (Lipinski definition) is 9. The van der Waals surface area contributed by atoms with Gasteiger partial charge in [-0.2, -0.15) is 18.2 Å². The zero-order valence-corrected chi connectivity index (χ0v) is 22.7. The van der Waals surface area contributed by atoms with Gasteiger partial charge in [0.2, 0.25) is 5.82 Å². The van der Waals surface area contributed by atoms with Gasteiger partial charge in [-0.1, -0.05) is 17.3 Å². The first-order valence-corrected chi connectivity index (χ1v) is 12.8. The van der Waals surface area contributed by atoms with Gasteiger partial charge in [0.15, 0.2) is 0 Å². The molecule has 10 nitrogen and oxygen atoms in total. The molecule has 2 aromatic heterocycles. The molecule has 0 saturated carbocycles. The first kappa shape index (κ1) is 29.9. The van der Waals surface area contributed by atoms with Crippen molar-refractivity contribution in [3.8, 4) is 28.9 Å². The van der Waals surface area contributed by atoms with E-state index in [1.807, 2.05) is 29.2 Å².